The van der Waals surface area contributed by atoms with Crippen LogP contribution in [0.4, 0.5) is 0 Å². The molecule has 2 rings (SSSR count). The average molecular weight is 329 g/mol. The van der Waals surface area contributed by atoms with E-state index in [0.717, 1.165) is 5.56 Å². The zero-order valence-corrected chi connectivity index (χ0v) is 14.6. The van der Waals surface area contributed by atoms with E-state index in [1.807, 2.05) is 44.2 Å². The van der Waals surface area contributed by atoms with E-state index in [4.69, 9.17) is 4.52 Å². The highest BCUT2D eigenvalue weighted by molar-refractivity contribution is 6.02. The maximum atomic E-state index is 12.8. The summed E-state index contributed by atoms with van der Waals surface area (Å²) in [6, 6.07) is 9.39. The van der Waals surface area contributed by atoms with Gasteiger partial charge in [-0.3, -0.25) is 9.59 Å². The Balaban J connectivity index is 2.24. The quantitative estimate of drug-likeness (QED) is 0.817. The predicted molar refractivity (Wildman–Crippen MR) is 91.6 cm³/mol. The molecule has 1 aromatic heterocycles. The van der Waals surface area contributed by atoms with Gasteiger partial charge in [-0.05, 0) is 20.8 Å². The van der Waals surface area contributed by atoms with Gasteiger partial charge in [-0.2, -0.15) is 0 Å². The van der Waals surface area contributed by atoms with E-state index >= 15 is 0 Å². The van der Waals surface area contributed by atoms with Crippen LogP contribution >= 0.6 is 0 Å². The van der Waals surface area contributed by atoms with Crippen LogP contribution in [0.5, 0.6) is 0 Å². The minimum Gasteiger partial charge on any atom is -0.360 e. The number of amides is 2. The van der Waals surface area contributed by atoms with Crippen molar-refractivity contribution in [1.29, 1.82) is 0 Å². The summed E-state index contributed by atoms with van der Waals surface area (Å²) in [5.74, 6) is 0.0975. The molecule has 0 fully saturated rings. The standard InChI is InChI=1S/C18H23N3O3/c1-5-21(6-2)15(22)12-20(4)18(23)16-13(3)24-19-17(16)14-10-8-7-9-11-14/h7-11H,5-6,12H2,1-4H3. The zero-order valence-electron chi connectivity index (χ0n) is 14.6. The maximum Gasteiger partial charge on any atom is 0.259 e. The van der Waals surface area contributed by atoms with Crippen molar-refractivity contribution >= 4 is 11.8 Å². The molecule has 0 N–H and O–H groups in total. The van der Waals surface area contributed by atoms with E-state index in [9.17, 15) is 9.59 Å². The van der Waals surface area contributed by atoms with Crippen molar-refractivity contribution in [1.82, 2.24) is 15.0 Å². The lowest BCUT2D eigenvalue weighted by Gasteiger charge is -2.23. The second-order valence-corrected chi connectivity index (χ2v) is 5.56. The number of benzene rings is 1. The highest BCUT2D eigenvalue weighted by Crippen LogP contribution is 2.26. The fourth-order valence-corrected chi connectivity index (χ4v) is 2.56. The van der Waals surface area contributed by atoms with Gasteiger partial charge in [-0.25, -0.2) is 0 Å². The molecule has 0 saturated carbocycles. The van der Waals surface area contributed by atoms with Gasteiger partial charge in [-0.1, -0.05) is 35.5 Å². The van der Waals surface area contributed by atoms with E-state index < -0.39 is 0 Å². The molecule has 2 aromatic rings. The van der Waals surface area contributed by atoms with Crippen molar-refractivity contribution in [3.05, 3.63) is 41.7 Å². The minimum absolute atomic E-state index is 0.0271. The summed E-state index contributed by atoms with van der Waals surface area (Å²) in [5.41, 5.74) is 1.71. The molecule has 0 aliphatic rings. The van der Waals surface area contributed by atoms with Crippen LogP contribution < -0.4 is 0 Å². The van der Waals surface area contributed by atoms with E-state index in [2.05, 4.69) is 5.16 Å². The number of likely N-dealkylation sites (N-methyl/N-ethyl adjacent to an activating group) is 2. The minimum atomic E-state index is -0.270. The Morgan fingerprint density at radius 1 is 1.12 bits per heavy atom. The van der Waals surface area contributed by atoms with Crippen molar-refractivity contribution in [2.45, 2.75) is 20.8 Å². The summed E-state index contributed by atoms with van der Waals surface area (Å²) in [5, 5.41) is 4.02. The molecule has 24 heavy (non-hydrogen) atoms. The van der Waals surface area contributed by atoms with E-state index in [0.29, 0.717) is 30.1 Å². The fourth-order valence-electron chi connectivity index (χ4n) is 2.56. The highest BCUT2D eigenvalue weighted by Gasteiger charge is 2.26. The monoisotopic (exact) mass is 329 g/mol. The number of nitrogens with zero attached hydrogens (tertiary/aromatic N) is 3. The molecule has 0 bridgehead atoms. The summed E-state index contributed by atoms with van der Waals surface area (Å²) in [7, 11) is 1.62. The second-order valence-electron chi connectivity index (χ2n) is 5.56. The summed E-state index contributed by atoms with van der Waals surface area (Å²) >= 11 is 0. The van der Waals surface area contributed by atoms with Gasteiger partial charge in [0, 0.05) is 25.7 Å². The Kier molecular flexibility index (Phi) is 5.73. The number of hydrogen-bond acceptors (Lipinski definition) is 4. The first-order chi connectivity index (χ1) is 11.5. The molecule has 0 aliphatic carbocycles. The largest absolute Gasteiger partial charge is 0.360 e. The van der Waals surface area contributed by atoms with Gasteiger partial charge in [0.25, 0.3) is 5.91 Å². The molecule has 128 valence electrons. The summed E-state index contributed by atoms with van der Waals surface area (Å²) in [4.78, 5) is 28.1. The molecule has 0 aliphatic heterocycles. The molecule has 0 spiro atoms. The Bertz CT molecular complexity index is 706. The topological polar surface area (TPSA) is 66.7 Å². The summed E-state index contributed by atoms with van der Waals surface area (Å²) < 4.78 is 5.22. The molecule has 0 radical (unpaired) electrons. The summed E-state index contributed by atoms with van der Waals surface area (Å²) in [6.45, 7) is 6.81. The van der Waals surface area contributed by atoms with Crippen LogP contribution in [0.15, 0.2) is 34.9 Å². The maximum absolute atomic E-state index is 12.8. The lowest BCUT2D eigenvalue weighted by atomic mass is 10.1. The van der Waals surface area contributed by atoms with Crippen LogP contribution in [-0.2, 0) is 4.79 Å². The number of carbonyl (C=O) groups excluding carboxylic acids is 2. The van der Waals surface area contributed by atoms with Gasteiger partial charge >= 0.3 is 0 Å². The Labute approximate surface area is 142 Å². The van der Waals surface area contributed by atoms with Crippen molar-refractivity contribution in [3.8, 4) is 11.3 Å². The van der Waals surface area contributed by atoms with E-state index in [-0.39, 0.29) is 18.4 Å². The third-order valence-electron chi connectivity index (χ3n) is 3.96. The van der Waals surface area contributed by atoms with E-state index in [1.54, 1.807) is 18.9 Å². The number of carbonyl (C=O) groups is 2. The van der Waals surface area contributed by atoms with Gasteiger partial charge < -0.3 is 14.3 Å². The van der Waals surface area contributed by atoms with Crippen molar-refractivity contribution < 1.29 is 14.1 Å². The van der Waals surface area contributed by atoms with Crippen LogP contribution in [0, 0.1) is 6.92 Å². The first-order valence-electron chi connectivity index (χ1n) is 8.04. The van der Waals surface area contributed by atoms with Gasteiger partial charge in [0.05, 0.1) is 6.54 Å². The molecular formula is C18H23N3O3. The van der Waals surface area contributed by atoms with Crippen molar-refractivity contribution in [2.75, 3.05) is 26.7 Å². The molecule has 1 aromatic carbocycles. The Morgan fingerprint density at radius 3 is 2.33 bits per heavy atom. The molecule has 1 heterocycles. The van der Waals surface area contributed by atoms with Crippen molar-refractivity contribution in [2.24, 2.45) is 0 Å². The molecule has 0 unspecified atom stereocenters. The molecule has 6 heteroatoms. The predicted octanol–water partition coefficient (Wildman–Crippen LogP) is 2.59. The molecule has 0 atom stereocenters. The average Bonchev–Trinajstić information content (AvgIpc) is 2.97. The van der Waals surface area contributed by atoms with Gasteiger partial charge in [0.15, 0.2) is 0 Å². The first kappa shape index (κ1) is 17.7. The number of aromatic nitrogens is 1. The number of rotatable bonds is 6. The van der Waals surface area contributed by atoms with E-state index in [1.165, 1.54) is 4.90 Å². The van der Waals surface area contributed by atoms with Crippen LogP contribution in [0.3, 0.4) is 0 Å². The zero-order chi connectivity index (χ0) is 17.7. The van der Waals surface area contributed by atoms with Gasteiger partial charge in [0.1, 0.15) is 17.0 Å². The molecular weight excluding hydrogens is 306 g/mol. The number of hydrogen-bond donors (Lipinski definition) is 0. The van der Waals surface area contributed by atoms with Gasteiger partial charge in [-0.15, -0.1) is 0 Å². The Hall–Kier alpha value is -2.63. The van der Waals surface area contributed by atoms with Crippen molar-refractivity contribution in [3.63, 3.8) is 0 Å². The fraction of sp³-hybridized carbons (Fsp3) is 0.389. The van der Waals surface area contributed by atoms with Crippen LogP contribution in [0.1, 0.15) is 30.0 Å². The van der Waals surface area contributed by atoms with Gasteiger partial charge in [0.2, 0.25) is 5.91 Å². The first-order valence-corrected chi connectivity index (χ1v) is 8.04. The third-order valence-corrected chi connectivity index (χ3v) is 3.96. The number of aryl methyl sites for hydroxylation is 1. The normalized spacial score (nSPS) is 10.5. The summed E-state index contributed by atoms with van der Waals surface area (Å²) in [6.07, 6.45) is 0. The lowest BCUT2D eigenvalue weighted by molar-refractivity contribution is -0.131. The molecule has 0 saturated heterocycles. The third kappa shape index (κ3) is 3.64. The van der Waals surface area contributed by atoms with Crippen LogP contribution in [-0.4, -0.2) is 53.5 Å². The smallest absolute Gasteiger partial charge is 0.259 e. The molecule has 6 nitrogen and oxygen atoms in total. The SMILES string of the molecule is CCN(CC)C(=O)CN(C)C(=O)c1c(-c2ccccc2)noc1C. The Morgan fingerprint density at radius 2 is 1.75 bits per heavy atom. The highest BCUT2D eigenvalue weighted by atomic mass is 16.5. The van der Waals surface area contributed by atoms with Crippen LogP contribution in [0.25, 0.3) is 11.3 Å². The van der Waals surface area contributed by atoms with Crippen LogP contribution in [0.2, 0.25) is 0 Å². The second kappa shape index (κ2) is 7.77. The molecule has 2 amide bonds. The lowest BCUT2D eigenvalue weighted by Crippen LogP contribution is -2.41.